The summed E-state index contributed by atoms with van der Waals surface area (Å²) in [5.41, 5.74) is 3.68. The van der Waals surface area contributed by atoms with Crippen molar-refractivity contribution in [3.8, 4) is 5.88 Å². The van der Waals surface area contributed by atoms with Crippen LogP contribution in [0.3, 0.4) is 0 Å². The zero-order valence-electron chi connectivity index (χ0n) is 22.0. The summed E-state index contributed by atoms with van der Waals surface area (Å²) in [6.45, 7) is 5.74. The number of ether oxygens (including phenoxy) is 1. The van der Waals surface area contributed by atoms with Gasteiger partial charge in [-0.3, -0.25) is 9.59 Å². The molecular weight excluding hydrogens is 482 g/mol. The van der Waals surface area contributed by atoms with Gasteiger partial charge in [0.25, 0.3) is 5.91 Å². The van der Waals surface area contributed by atoms with E-state index in [9.17, 15) is 14.7 Å². The number of nitrogens with zero attached hydrogens (tertiary/aromatic N) is 4. The number of carboxylic acids is 1. The summed E-state index contributed by atoms with van der Waals surface area (Å²) in [4.78, 5) is 35.8. The molecule has 0 spiro atoms. The number of carboxylic acid groups (broad SMARTS) is 1. The summed E-state index contributed by atoms with van der Waals surface area (Å²) in [5.74, 6) is 0.732. The predicted molar refractivity (Wildman–Crippen MR) is 143 cm³/mol. The largest absolute Gasteiger partial charge is 0.481 e. The quantitative estimate of drug-likeness (QED) is 0.412. The molecule has 2 N–H and O–H groups in total. The number of rotatable bonds is 10. The van der Waals surface area contributed by atoms with Gasteiger partial charge in [-0.25, -0.2) is 9.97 Å². The molecule has 0 aromatic carbocycles. The summed E-state index contributed by atoms with van der Waals surface area (Å²) in [6.07, 6.45) is 9.21. The minimum absolute atomic E-state index is 0.150. The third kappa shape index (κ3) is 5.82. The molecule has 0 saturated carbocycles. The topological polar surface area (TPSA) is 110 Å². The smallest absolute Gasteiger partial charge is 0.305 e. The molecule has 1 amide bonds. The molecule has 0 aliphatic carbocycles. The van der Waals surface area contributed by atoms with Gasteiger partial charge in [0, 0.05) is 43.8 Å². The van der Waals surface area contributed by atoms with Gasteiger partial charge in [-0.15, -0.1) is 0 Å². The van der Waals surface area contributed by atoms with Crippen molar-refractivity contribution in [3.05, 3.63) is 71.3 Å². The lowest BCUT2D eigenvalue weighted by atomic mass is 9.96. The number of anilines is 1. The molecule has 2 aliphatic heterocycles. The number of carbonyl (C=O) groups excluding carboxylic acids is 1. The standard InChI is InChI=1S/C29H35N5O4/c1-19(2)18-38-26-10-7-22(16-31-26)24(15-27(35)36)34-13-12-33-17-20(14-25(33)29(34)37)5-8-23-9-6-21-4-3-11-30-28(21)32-23/h3-4,7,10-11,14,16-17,19,23-24H,5-6,8-9,12-13,15,18H2,1-2H3,(H,30,32)(H,35,36)/t23?,24-/m0/s1. The van der Waals surface area contributed by atoms with Crippen LogP contribution in [0.2, 0.25) is 0 Å². The highest BCUT2D eigenvalue weighted by Gasteiger charge is 2.33. The minimum Gasteiger partial charge on any atom is -0.481 e. The number of fused-ring (bicyclic) bond motifs is 2. The van der Waals surface area contributed by atoms with Gasteiger partial charge in [-0.1, -0.05) is 26.0 Å². The van der Waals surface area contributed by atoms with Crippen molar-refractivity contribution in [2.24, 2.45) is 5.92 Å². The van der Waals surface area contributed by atoms with Gasteiger partial charge in [-0.2, -0.15) is 0 Å². The number of hydrogen-bond acceptors (Lipinski definition) is 6. The lowest BCUT2D eigenvalue weighted by Gasteiger charge is -2.34. The third-order valence-electron chi connectivity index (χ3n) is 7.24. The molecule has 2 aliphatic rings. The molecule has 5 heterocycles. The molecule has 0 fully saturated rings. The number of carbonyl (C=O) groups is 2. The van der Waals surface area contributed by atoms with Crippen molar-refractivity contribution >= 4 is 17.7 Å². The average molecular weight is 518 g/mol. The van der Waals surface area contributed by atoms with Crippen LogP contribution >= 0.6 is 0 Å². The van der Waals surface area contributed by atoms with Crippen molar-refractivity contribution < 1.29 is 19.4 Å². The van der Waals surface area contributed by atoms with Gasteiger partial charge in [0.15, 0.2) is 0 Å². The van der Waals surface area contributed by atoms with Gasteiger partial charge in [-0.05, 0) is 60.4 Å². The molecule has 38 heavy (non-hydrogen) atoms. The maximum absolute atomic E-state index is 13.6. The van der Waals surface area contributed by atoms with Crippen molar-refractivity contribution in [1.82, 2.24) is 19.4 Å². The van der Waals surface area contributed by atoms with E-state index >= 15 is 0 Å². The van der Waals surface area contributed by atoms with Crippen LogP contribution in [-0.4, -0.2) is 55.6 Å². The van der Waals surface area contributed by atoms with Gasteiger partial charge in [0.05, 0.1) is 19.1 Å². The molecule has 2 atom stereocenters. The normalized spacial score (nSPS) is 17.5. The molecule has 3 aromatic rings. The molecule has 0 radical (unpaired) electrons. The Balaban J connectivity index is 1.26. The zero-order chi connectivity index (χ0) is 26.6. The van der Waals surface area contributed by atoms with Crippen LogP contribution in [0.1, 0.15) is 66.3 Å². The van der Waals surface area contributed by atoms with Gasteiger partial charge >= 0.3 is 5.97 Å². The number of aromatic nitrogens is 3. The summed E-state index contributed by atoms with van der Waals surface area (Å²) in [7, 11) is 0. The molecule has 9 nitrogen and oxygen atoms in total. The lowest BCUT2D eigenvalue weighted by molar-refractivity contribution is -0.138. The zero-order valence-corrected chi connectivity index (χ0v) is 22.0. The second-order valence-electron chi connectivity index (χ2n) is 10.6. The molecule has 5 rings (SSSR count). The van der Waals surface area contributed by atoms with Crippen LogP contribution in [0, 0.1) is 5.92 Å². The first-order valence-electron chi connectivity index (χ1n) is 13.4. The SMILES string of the molecule is CC(C)COc1ccc([C@H](CC(=O)O)N2CCn3cc(CCC4CCc5cccnc5N4)cc3C2=O)cn1. The van der Waals surface area contributed by atoms with Crippen LogP contribution in [0.25, 0.3) is 0 Å². The number of amides is 1. The van der Waals surface area contributed by atoms with E-state index in [0.717, 1.165) is 37.1 Å². The van der Waals surface area contributed by atoms with Crippen molar-refractivity contribution in [2.45, 2.75) is 64.6 Å². The summed E-state index contributed by atoms with van der Waals surface area (Å²) < 4.78 is 7.66. The fourth-order valence-corrected chi connectivity index (χ4v) is 5.26. The number of aliphatic carboxylic acids is 1. The Hall–Kier alpha value is -3.88. The maximum atomic E-state index is 13.6. The number of hydrogen-bond donors (Lipinski definition) is 2. The van der Waals surface area contributed by atoms with E-state index in [-0.39, 0.29) is 12.3 Å². The second-order valence-corrected chi connectivity index (χ2v) is 10.6. The van der Waals surface area contributed by atoms with E-state index in [0.29, 0.717) is 48.8 Å². The maximum Gasteiger partial charge on any atom is 0.305 e. The number of aryl methyl sites for hydroxylation is 2. The molecule has 9 heteroatoms. The van der Waals surface area contributed by atoms with E-state index in [4.69, 9.17) is 4.74 Å². The van der Waals surface area contributed by atoms with E-state index in [1.807, 2.05) is 29.0 Å². The first-order valence-corrected chi connectivity index (χ1v) is 13.4. The predicted octanol–water partition coefficient (Wildman–Crippen LogP) is 4.34. The number of nitrogens with one attached hydrogen (secondary N) is 1. The third-order valence-corrected chi connectivity index (χ3v) is 7.24. The highest BCUT2D eigenvalue weighted by Crippen LogP contribution is 2.30. The minimum atomic E-state index is -0.958. The summed E-state index contributed by atoms with van der Waals surface area (Å²) >= 11 is 0. The molecule has 0 saturated heterocycles. The van der Waals surface area contributed by atoms with Crippen LogP contribution < -0.4 is 10.1 Å². The fraction of sp³-hybridized carbons (Fsp3) is 0.448. The molecule has 1 unspecified atom stereocenters. The Labute approximate surface area is 222 Å². The summed E-state index contributed by atoms with van der Waals surface area (Å²) in [6, 6.07) is 9.36. The second kappa shape index (κ2) is 11.2. The molecule has 200 valence electrons. The average Bonchev–Trinajstić information content (AvgIpc) is 3.34. The first kappa shape index (κ1) is 25.8. The number of pyridine rings is 2. The van der Waals surface area contributed by atoms with Crippen LogP contribution in [-0.2, 0) is 24.2 Å². The molecule has 3 aromatic heterocycles. The fourth-order valence-electron chi connectivity index (χ4n) is 5.26. The Kier molecular flexibility index (Phi) is 7.62. The Morgan fingerprint density at radius 2 is 2.11 bits per heavy atom. The van der Waals surface area contributed by atoms with E-state index < -0.39 is 12.0 Å². The van der Waals surface area contributed by atoms with E-state index in [1.54, 1.807) is 17.2 Å². The first-order chi connectivity index (χ1) is 18.4. The Morgan fingerprint density at radius 3 is 2.87 bits per heavy atom. The van der Waals surface area contributed by atoms with Crippen molar-refractivity contribution in [3.63, 3.8) is 0 Å². The van der Waals surface area contributed by atoms with Crippen LogP contribution in [0.5, 0.6) is 5.88 Å². The van der Waals surface area contributed by atoms with Crippen LogP contribution in [0.15, 0.2) is 48.9 Å². The van der Waals surface area contributed by atoms with Gasteiger partial charge < -0.3 is 24.6 Å². The highest BCUT2D eigenvalue weighted by atomic mass is 16.5. The van der Waals surface area contributed by atoms with E-state index in [2.05, 4.69) is 41.4 Å². The summed E-state index contributed by atoms with van der Waals surface area (Å²) in [5, 5.41) is 13.2. The molecule has 0 bridgehead atoms. The molecular formula is C29H35N5O4. The van der Waals surface area contributed by atoms with Crippen molar-refractivity contribution in [1.29, 1.82) is 0 Å². The van der Waals surface area contributed by atoms with E-state index in [1.165, 1.54) is 5.56 Å². The Morgan fingerprint density at radius 1 is 1.24 bits per heavy atom. The van der Waals surface area contributed by atoms with Crippen LogP contribution in [0.4, 0.5) is 5.82 Å². The highest BCUT2D eigenvalue weighted by molar-refractivity contribution is 5.94. The van der Waals surface area contributed by atoms with Gasteiger partial charge in [0.1, 0.15) is 11.5 Å². The monoisotopic (exact) mass is 517 g/mol. The van der Waals surface area contributed by atoms with Crippen molar-refractivity contribution in [2.75, 3.05) is 18.5 Å². The Bertz CT molecular complexity index is 1290. The lowest BCUT2D eigenvalue weighted by Crippen LogP contribution is -2.43. The van der Waals surface area contributed by atoms with Gasteiger partial charge in [0.2, 0.25) is 5.88 Å².